The van der Waals surface area contributed by atoms with Crippen molar-refractivity contribution in [2.24, 2.45) is 0 Å². The van der Waals surface area contributed by atoms with E-state index in [1.54, 1.807) is 13.4 Å². The van der Waals surface area contributed by atoms with E-state index in [0.717, 1.165) is 58.9 Å². The fourth-order valence-electron chi connectivity index (χ4n) is 6.36. The van der Waals surface area contributed by atoms with Crippen LogP contribution in [-0.4, -0.2) is 32.2 Å². The second-order valence-electron chi connectivity index (χ2n) is 12.2. The molecule has 0 radical (unpaired) electrons. The van der Waals surface area contributed by atoms with Crippen molar-refractivity contribution in [1.82, 2.24) is 25.3 Å². The van der Waals surface area contributed by atoms with Crippen molar-refractivity contribution in [2.75, 3.05) is 7.11 Å². The van der Waals surface area contributed by atoms with E-state index in [4.69, 9.17) is 4.74 Å². The molecule has 0 saturated carbocycles. The number of aryl methyl sites for hydroxylation is 4. The van der Waals surface area contributed by atoms with Crippen LogP contribution in [0.1, 0.15) is 39.8 Å². The van der Waals surface area contributed by atoms with E-state index < -0.39 is 0 Å². The van der Waals surface area contributed by atoms with Crippen LogP contribution in [0.4, 0.5) is 0 Å². The quantitative estimate of drug-likeness (QED) is 0.202. The Kier molecular flexibility index (Phi) is 8.46. The molecule has 2 aliphatic rings. The fourth-order valence-corrected chi connectivity index (χ4v) is 6.36. The van der Waals surface area contributed by atoms with Crippen molar-refractivity contribution >= 4 is 0 Å². The predicted octanol–water partition coefficient (Wildman–Crippen LogP) is 8.04. The highest BCUT2D eigenvalue weighted by atomic mass is 16.5. The van der Waals surface area contributed by atoms with Gasteiger partial charge in [-0.1, -0.05) is 83.9 Å². The minimum absolute atomic E-state index is 0.127. The van der Waals surface area contributed by atoms with Crippen molar-refractivity contribution in [1.29, 1.82) is 0 Å². The third kappa shape index (κ3) is 6.22. The number of rotatable bonds is 5. The van der Waals surface area contributed by atoms with Crippen molar-refractivity contribution in [3.63, 3.8) is 0 Å². The van der Waals surface area contributed by atoms with Gasteiger partial charge in [-0.05, 0) is 67.5 Å². The molecule has 3 heterocycles. The van der Waals surface area contributed by atoms with Crippen LogP contribution < -0.4 is 10.1 Å². The number of ether oxygens (including phenoxy) is 1. The number of aromatic nitrogens is 4. The second kappa shape index (κ2) is 13.1. The molecule has 0 atom stereocenters. The summed E-state index contributed by atoms with van der Waals surface area (Å²) in [6.07, 6.45) is 6.72. The van der Waals surface area contributed by atoms with Crippen molar-refractivity contribution in [2.45, 2.75) is 46.2 Å². The molecule has 234 valence electrons. The molecule has 0 spiro atoms. The maximum atomic E-state index is 10.7. The maximum absolute atomic E-state index is 10.7. The molecular weight excluding hydrogens is 582 g/mol. The van der Waals surface area contributed by atoms with E-state index in [1.807, 2.05) is 37.3 Å². The van der Waals surface area contributed by atoms with Crippen molar-refractivity contribution in [3.8, 4) is 56.5 Å². The molecule has 1 aliphatic carbocycles. The number of nitrogens with one attached hydrogen (secondary N) is 1. The molecule has 47 heavy (non-hydrogen) atoms. The van der Waals surface area contributed by atoms with E-state index >= 15 is 0 Å². The molecule has 2 aromatic heterocycles. The van der Waals surface area contributed by atoms with Crippen molar-refractivity contribution in [3.05, 3.63) is 131 Å². The number of hydrogen-bond acceptors (Lipinski definition) is 7. The first-order valence-electron chi connectivity index (χ1n) is 16.0. The third-order valence-electron chi connectivity index (χ3n) is 8.96. The van der Waals surface area contributed by atoms with Gasteiger partial charge in [0.25, 0.3) is 0 Å². The first-order valence-corrected chi connectivity index (χ1v) is 16.0. The first kappa shape index (κ1) is 30.3. The maximum Gasteiger partial charge on any atom is 0.171 e. The number of nitrogens with zero attached hydrogens (tertiary/aromatic N) is 4. The Balaban J connectivity index is 0.000000150. The molecule has 7 nitrogen and oxygen atoms in total. The smallest absolute Gasteiger partial charge is 0.171 e. The molecule has 4 aromatic carbocycles. The molecule has 2 N–H and O–H groups in total. The van der Waals surface area contributed by atoms with Gasteiger partial charge < -0.3 is 15.2 Å². The van der Waals surface area contributed by atoms with Gasteiger partial charge in [-0.15, -0.1) is 0 Å². The highest BCUT2D eigenvalue weighted by molar-refractivity contribution is 5.78. The molecule has 1 aliphatic heterocycles. The minimum Gasteiger partial charge on any atom is -0.504 e. The second-order valence-corrected chi connectivity index (χ2v) is 12.2. The molecule has 0 fully saturated rings. The largest absolute Gasteiger partial charge is 0.504 e. The van der Waals surface area contributed by atoms with Gasteiger partial charge in [-0.2, -0.15) is 0 Å². The molecule has 7 heteroatoms. The summed E-state index contributed by atoms with van der Waals surface area (Å²) in [5, 5.41) is 14.0. The topological polar surface area (TPSA) is 93.1 Å². The zero-order valence-corrected chi connectivity index (χ0v) is 26.9. The Hall–Kier alpha value is -5.40. The molecule has 0 amide bonds. The van der Waals surface area contributed by atoms with E-state index in [-0.39, 0.29) is 5.75 Å². The lowest BCUT2D eigenvalue weighted by atomic mass is 10.0. The number of benzene rings is 4. The summed E-state index contributed by atoms with van der Waals surface area (Å²) in [7, 11) is 1.69. The average molecular weight is 620 g/mol. The van der Waals surface area contributed by atoms with Crippen LogP contribution in [0, 0.1) is 13.8 Å². The van der Waals surface area contributed by atoms with Crippen LogP contribution in [0.3, 0.4) is 0 Å². The zero-order valence-electron chi connectivity index (χ0n) is 26.9. The van der Waals surface area contributed by atoms with Crippen LogP contribution in [0.2, 0.25) is 0 Å². The van der Waals surface area contributed by atoms with Gasteiger partial charge in [-0.25, -0.2) is 19.9 Å². The first-order chi connectivity index (χ1) is 23.0. The highest BCUT2D eigenvalue weighted by Gasteiger charge is 2.19. The third-order valence-corrected chi connectivity index (χ3v) is 8.96. The minimum atomic E-state index is 0.127. The van der Waals surface area contributed by atoms with Gasteiger partial charge in [0.2, 0.25) is 0 Å². The Labute approximate surface area is 275 Å². The summed E-state index contributed by atoms with van der Waals surface area (Å²) in [6, 6.07) is 29.1. The van der Waals surface area contributed by atoms with E-state index in [0.29, 0.717) is 11.4 Å². The monoisotopic (exact) mass is 619 g/mol. The fraction of sp³-hybridized carbons (Fsp3) is 0.200. The summed E-state index contributed by atoms with van der Waals surface area (Å²) in [4.78, 5) is 17.5. The van der Waals surface area contributed by atoms with E-state index in [1.165, 1.54) is 52.5 Å². The summed E-state index contributed by atoms with van der Waals surface area (Å²) in [6.45, 7) is 5.88. The average Bonchev–Trinajstić information content (AvgIpc) is 3.78. The number of fused-ring (bicyclic) bond motifs is 2. The lowest BCUT2D eigenvalue weighted by Gasteiger charge is -2.13. The molecule has 0 saturated heterocycles. The number of methoxy groups -OCH3 is 1. The lowest BCUT2D eigenvalue weighted by molar-refractivity contribution is 0.414. The Morgan fingerprint density at radius 1 is 0.553 bits per heavy atom. The van der Waals surface area contributed by atoms with Crippen LogP contribution in [-0.2, 0) is 25.9 Å². The molecule has 8 rings (SSSR count). The number of hydrogen-bond donors (Lipinski definition) is 2. The van der Waals surface area contributed by atoms with E-state index in [9.17, 15) is 5.11 Å². The van der Waals surface area contributed by atoms with Crippen molar-refractivity contribution < 1.29 is 9.84 Å². The Bertz CT molecular complexity index is 2060. The summed E-state index contributed by atoms with van der Waals surface area (Å²) in [5.41, 5.74) is 14.7. The van der Waals surface area contributed by atoms with Gasteiger partial charge in [0.05, 0.1) is 7.11 Å². The van der Waals surface area contributed by atoms with Crippen LogP contribution >= 0.6 is 0 Å². The van der Waals surface area contributed by atoms with Crippen LogP contribution in [0.5, 0.6) is 11.5 Å². The number of aromatic hydroxyl groups is 1. The molecule has 0 bridgehead atoms. The predicted molar refractivity (Wildman–Crippen MR) is 186 cm³/mol. The highest BCUT2D eigenvalue weighted by Crippen LogP contribution is 2.38. The SMILES string of the molecule is COc1c(-c2ccc(C)cc2)ncnc1-c1ccc2c(c1)CCC2.Cc1ccc(-c2ncnc(-c3ccc4c(c3)CNC4)c2O)cc1. The normalized spacial score (nSPS) is 13.0. The van der Waals surface area contributed by atoms with Crippen LogP contribution in [0.15, 0.2) is 97.6 Å². The summed E-state index contributed by atoms with van der Waals surface area (Å²) >= 11 is 0. The van der Waals surface area contributed by atoms with Gasteiger partial charge in [-0.3, -0.25) is 0 Å². The Morgan fingerprint density at radius 2 is 1.02 bits per heavy atom. The van der Waals surface area contributed by atoms with Gasteiger partial charge in [0, 0.05) is 35.3 Å². The Morgan fingerprint density at radius 3 is 1.68 bits per heavy atom. The van der Waals surface area contributed by atoms with Gasteiger partial charge in [0.15, 0.2) is 11.5 Å². The lowest BCUT2D eigenvalue weighted by Crippen LogP contribution is -1.99. The molecular formula is C40H37N5O2. The summed E-state index contributed by atoms with van der Waals surface area (Å²) in [5.74, 6) is 0.863. The molecule has 6 aromatic rings. The van der Waals surface area contributed by atoms with Gasteiger partial charge in [0.1, 0.15) is 35.4 Å². The zero-order chi connectivity index (χ0) is 32.3. The van der Waals surface area contributed by atoms with Crippen LogP contribution in [0.25, 0.3) is 45.0 Å². The standard InChI is InChI=1S/C21H20N2O.C19H17N3O/c1-14-6-8-16(9-7-14)19-21(24-2)20(23-13-22-19)18-11-10-15-4-3-5-17(15)12-18;1-12-2-4-13(5-3-12)17-19(23)18(22-11-21-17)14-6-7-15-9-20-10-16(15)8-14/h6-13H,3-5H2,1-2H3;2-8,11,20,23H,9-10H2,1H3. The summed E-state index contributed by atoms with van der Waals surface area (Å²) < 4.78 is 5.71. The van der Waals surface area contributed by atoms with Gasteiger partial charge >= 0.3 is 0 Å². The molecule has 0 unspecified atom stereocenters. The van der Waals surface area contributed by atoms with E-state index in [2.05, 4.69) is 86.8 Å².